The molecule has 0 N–H and O–H groups in total. The van der Waals surface area contributed by atoms with Gasteiger partial charge in [0.1, 0.15) is 0 Å². The molecule has 0 aliphatic carbocycles. The normalized spacial score (nSPS) is 15.6. The van der Waals surface area contributed by atoms with Crippen LogP contribution < -0.4 is 0 Å². The molecule has 0 rings (SSSR count). The lowest BCUT2D eigenvalue weighted by Crippen LogP contribution is -2.19. The van der Waals surface area contributed by atoms with Crippen molar-refractivity contribution in [2.45, 2.75) is 54.4 Å². The predicted molar refractivity (Wildman–Crippen MR) is 65.3 cm³/mol. The molecule has 82 valence electrons. The molecule has 2 unspecified atom stereocenters. The molecule has 2 atom stereocenters. The van der Waals surface area contributed by atoms with E-state index in [9.17, 15) is 0 Å². The fourth-order valence-corrected chi connectivity index (χ4v) is 1.33. The van der Waals surface area contributed by atoms with Gasteiger partial charge in [0.05, 0.1) is 0 Å². The van der Waals surface area contributed by atoms with Gasteiger partial charge in [-0.05, 0) is 42.2 Å². The van der Waals surface area contributed by atoms with Crippen molar-refractivity contribution in [2.75, 3.05) is 0 Å². The summed E-state index contributed by atoms with van der Waals surface area (Å²) < 4.78 is 0. The third kappa shape index (κ3) is 6.05. The zero-order valence-corrected chi connectivity index (χ0v) is 10.7. The first-order valence-corrected chi connectivity index (χ1v) is 5.79. The summed E-state index contributed by atoms with van der Waals surface area (Å²) in [5.74, 6) is 1.41. The molecule has 0 spiro atoms. The highest BCUT2D eigenvalue weighted by Gasteiger charge is 2.20. The van der Waals surface area contributed by atoms with Crippen LogP contribution in [-0.4, -0.2) is 0 Å². The van der Waals surface area contributed by atoms with E-state index in [1.54, 1.807) is 0 Å². The van der Waals surface area contributed by atoms with Gasteiger partial charge in [-0.25, -0.2) is 0 Å². The quantitative estimate of drug-likeness (QED) is 0.563. The van der Waals surface area contributed by atoms with Crippen LogP contribution >= 0.6 is 0 Å². The Hall–Kier alpha value is -0.480. The van der Waals surface area contributed by atoms with Gasteiger partial charge < -0.3 is 0 Å². The molecule has 0 bridgehead atoms. The average molecular weight is 194 g/mol. The summed E-state index contributed by atoms with van der Waals surface area (Å²) in [6.45, 7) is 13.7. The van der Waals surface area contributed by atoms with Crippen LogP contribution in [-0.2, 0) is 0 Å². The van der Waals surface area contributed by atoms with Crippen LogP contribution in [0.1, 0.15) is 54.4 Å². The fraction of sp³-hybridized carbons (Fsp3) is 0.786. The lowest BCUT2D eigenvalue weighted by atomic mass is 9.77. The van der Waals surface area contributed by atoms with E-state index in [1.807, 2.05) is 0 Å². The Morgan fingerprint density at radius 1 is 1.21 bits per heavy atom. The van der Waals surface area contributed by atoms with Gasteiger partial charge in [-0.1, -0.05) is 41.5 Å². The molecule has 0 heteroatoms. The van der Waals surface area contributed by atoms with Crippen LogP contribution in [0.25, 0.3) is 0 Å². The molecule has 0 saturated heterocycles. The van der Waals surface area contributed by atoms with E-state index in [0.717, 1.165) is 12.3 Å². The largest absolute Gasteiger partial charge is 0.129 e. The highest BCUT2D eigenvalue weighted by atomic mass is 14.3. The van der Waals surface area contributed by atoms with Crippen LogP contribution in [0, 0.1) is 17.3 Å². The standard InChI is InChI=1S/C14H26/c1-7-8-9-10-12(2)11-13(3)14(4,5)6/h8,10,12-13H,7,11H2,1-6H3. The number of hydrogen-bond acceptors (Lipinski definition) is 0. The van der Waals surface area contributed by atoms with Gasteiger partial charge in [0.25, 0.3) is 0 Å². The second-order valence-corrected chi connectivity index (χ2v) is 5.43. The number of hydrogen-bond donors (Lipinski definition) is 0. The molecule has 0 aliphatic heterocycles. The lowest BCUT2D eigenvalue weighted by molar-refractivity contribution is 0.231. The highest BCUT2D eigenvalue weighted by molar-refractivity contribution is 4.89. The van der Waals surface area contributed by atoms with Crippen molar-refractivity contribution in [2.24, 2.45) is 17.3 Å². The highest BCUT2D eigenvalue weighted by Crippen LogP contribution is 2.30. The van der Waals surface area contributed by atoms with Crippen LogP contribution in [0.4, 0.5) is 0 Å². The Morgan fingerprint density at radius 2 is 1.79 bits per heavy atom. The van der Waals surface area contributed by atoms with E-state index in [2.05, 4.69) is 59.4 Å². The monoisotopic (exact) mass is 194 g/mol. The molecular weight excluding hydrogens is 168 g/mol. The van der Waals surface area contributed by atoms with Crippen molar-refractivity contribution < 1.29 is 0 Å². The van der Waals surface area contributed by atoms with Crippen molar-refractivity contribution in [3.05, 3.63) is 17.9 Å². The Balaban J connectivity index is 4.07. The molecule has 0 aliphatic rings. The van der Waals surface area contributed by atoms with Gasteiger partial charge >= 0.3 is 0 Å². The molecule has 0 saturated carbocycles. The summed E-state index contributed by atoms with van der Waals surface area (Å²) in [6, 6.07) is 0. The number of allylic oxidation sites excluding steroid dienone is 1. The zero-order valence-electron chi connectivity index (χ0n) is 10.7. The van der Waals surface area contributed by atoms with Crippen LogP contribution in [0.15, 0.2) is 17.9 Å². The maximum absolute atomic E-state index is 3.24. The van der Waals surface area contributed by atoms with Crippen LogP contribution in [0.2, 0.25) is 0 Å². The molecule has 0 radical (unpaired) electrons. The van der Waals surface area contributed by atoms with Crippen molar-refractivity contribution in [1.82, 2.24) is 0 Å². The van der Waals surface area contributed by atoms with E-state index < -0.39 is 0 Å². The third-order valence-corrected chi connectivity index (χ3v) is 2.91. The van der Waals surface area contributed by atoms with Crippen LogP contribution in [0.5, 0.6) is 0 Å². The first kappa shape index (κ1) is 13.5. The van der Waals surface area contributed by atoms with E-state index in [-0.39, 0.29) is 0 Å². The predicted octanol–water partition coefficient (Wildman–Crippen LogP) is 4.82. The first-order chi connectivity index (χ1) is 6.38. The summed E-state index contributed by atoms with van der Waals surface area (Å²) >= 11 is 0. The van der Waals surface area contributed by atoms with Gasteiger partial charge in [0.15, 0.2) is 0 Å². The van der Waals surface area contributed by atoms with Crippen molar-refractivity contribution >= 4 is 0 Å². The average Bonchev–Trinajstić information content (AvgIpc) is 2.03. The molecule has 0 amide bonds. The lowest BCUT2D eigenvalue weighted by Gasteiger charge is -2.28. The minimum atomic E-state index is 0.427. The third-order valence-electron chi connectivity index (χ3n) is 2.91. The molecule has 0 aromatic carbocycles. The topological polar surface area (TPSA) is 0 Å². The Bertz CT molecular complexity index is 199. The summed E-state index contributed by atoms with van der Waals surface area (Å²) in [5, 5.41) is 0. The summed E-state index contributed by atoms with van der Waals surface area (Å²) in [6.07, 6.45) is 6.64. The molecule has 0 fully saturated rings. The minimum Gasteiger partial charge on any atom is -0.129 e. The van der Waals surface area contributed by atoms with E-state index in [4.69, 9.17) is 0 Å². The molecule has 14 heavy (non-hydrogen) atoms. The van der Waals surface area contributed by atoms with Crippen molar-refractivity contribution in [3.63, 3.8) is 0 Å². The van der Waals surface area contributed by atoms with E-state index in [1.165, 1.54) is 6.42 Å². The van der Waals surface area contributed by atoms with Gasteiger partial charge in [-0.15, -0.1) is 5.73 Å². The first-order valence-electron chi connectivity index (χ1n) is 5.79. The maximum atomic E-state index is 3.24. The van der Waals surface area contributed by atoms with Gasteiger partial charge in [0.2, 0.25) is 0 Å². The Kier molecular flexibility index (Phi) is 5.88. The zero-order chi connectivity index (χ0) is 11.2. The molecule has 0 aromatic heterocycles. The minimum absolute atomic E-state index is 0.427. The van der Waals surface area contributed by atoms with Crippen LogP contribution in [0.3, 0.4) is 0 Å². The molecule has 0 nitrogen and oxygen atoms in total. The smallest absolute Gasteiger partial charge is 0.0183 e. The summed E-state index contributed by atoms with van der Waals surface area (Å²) in [4.78, 5) is 0. The van der Waals surface area contributed by atoms with Gasteiger partial charge in [-0.3, -0.25) is 0 Å². The fourth-order valence-electron chi connectivity index (χ4n) is 1.33. The van der Waals surface area contributed by atoms with Crippen molar-refractivity contribution in [1.29, 1.82) is 0 Å². The van der Waals surface area contributed by atoms with Gasteiger partial charge in [0, 0.05) is 0 Å². The van der Waals surface area contributed by atoms with Gasteiger partial charge in [-0.2, -0.15) is 0 Å². The molecular formula is C14H26. The second kappa shape index (κ2) is 6.09. The van der Waals surface area contributed by atoms with E-state index >= 15 is 0 Å². The second-order valence-electron chi connectivity index (χ2n) is 5.43. The Labute approximate surface area is 90.1 Å². The molecule has 0 aromatic rings. The Morgan fingerprint density at radius 3 is 2.21 bits per heavy atom. The van der Waals surface area contributed by atoms with E-state index in [0.29, 0.717) is 11.3 Å². The summed E-state index contributed by atoms with van der Waals surface area (Å²) in [5.41, 5.74) is 3.67. The summed E-state index contributed by atoms with van der Waals surface area (Å²) in [7, 11) is 0. The SMILES string of the molecule is CCC=C=CC(C)CC(C)C(C)(C)C. The number of rotatable bonds is 4. The van der Waals surface area contributed by atoms with Crippen molar-refractivity contribution in [3.8, 4) is 0 Å². The molecule has 0 heterocycles. The maximum Gasteiger partial charge on any atom is -0.0183 e.